The molecule has 4 rings (SSSR count). The molecule has 1 aliphatic heterocycles. The summed E-state index contributed by atoms with van der Waals surface area (Å²) in [5, 5.41) is 14.2. The second-order valence-electron chi connectivity index (χ2n) is 8.35. The summed E-state index contributed by atoms with van der Waals surface area (Å²) in [5.74, 6) is -1.51. The quantitative estimate of drug-likeness (QED) is 0.300. The van der Waals surface area contributed by atoms with Gasteiger partial charge in [-0.25, -0.2) is 0 Å². The molecule has 2 amide bonds. The van der Waals surface area contributed by atoms with Crippen molar-refractivity contribution in [3.8, 4) is 11.5 Å². The van der Waals surface area contributed by atoms with Gasteiger partial charge in [-0.05, 0) is 43.3 Å². The molecule has 8 nitrogen and oxygen atoms in total. The zero-order valence-electron chi connectivity index (χ0n) is 20.4. The molecule has 184 valence electrons. The number of rotatable bonds is 6. The molecule has 0 spiro atoms. The van der Waals surface area contributed by atoms with Crippen molar-refractivity contribution in [3.05, 3.63) is 89.0 Å². The normalized spacial score (nSPS) is 16.7. The van der Waals surface area contributed by atoms with E-state index in [0.29, 0.717) is 34.0 Å². The fourth-order valence-corrected chi connectivity index (χ4v) is 4.37. The van der Waals surface area contributed by atoms with Crippen molar-refractivity contribution in [2.45, 2.75) is 19.9 Å². The van der Waals surface area contributed by atoms with Gasteiger partial charge in [0.05, 0.1) is 31.4 Å². The Balaban J connectivity index is 2.00. The lowest BCUT2D eigenvalue weighted by Crippen LogP contribution is -2.29. The van der Waals surface area contributed by atoms with Crippen molar-refractivity contribution in [2.75, 3.05) is 24.4 Å². The van der Waals surface area contributed by atoms with Gasteiger partial charge in [-0.1, -0.05) is 35.9 Å². The van der Waals surface area contributed by atoms with E-state index in [1.54, 1.807) is 60.7 Å². The Hall–Kier alpha value is -4.59. The van der Waals surface area contributed by atoms with Gasteiger partial charge < -0.3 is 19.9 Å². The fraction of sp³-hybridized carbons (Fsp3) is 0.179. The van der Waals surface area contributed by atoms with Crippen molar-refractivity contribution in [1.29, 1.82) is 0 Å². The number of aliphatic hydroxyl groups is 1. The van der Waals surface area contributed by atoms with Gasteiger partial charge in [0.15, 0.2) is 0 Å². The minimum atomic E-state index is -1.00. The number of carbonyl (C=O) groups excluding carboxylic acids is 3. The van der Waals surface area contributed by atoms with Crippen LogP contribution >= 0.6 is 0 Å². The summed E-state index contributed by atoms with van der Waals surface area (Å²) in [7, 11) is 2.96. The standard InChI is InChI=1S/C28H26N2O6/c1-16-12-13-23(36-4)21(14-16)26(32)24-25(20-10-5-6-11-22(20)35-3)30(28(34)27(24)33)19-9-7-8-18(15-19)29-17(2)31/h5-15,25,32H,1-4H3,(H,29,31)/b26-24+. The number of nitrogens with zero attached hydrogens (tertiary/aromatic N) is 1. The van der Waals surface area contributed by atoms with E-state index in [0.717, 1.165) is 5.56 Å². The number of aryl methyl sites for hydroxylation is 1. The number of ether oxygens (including phenoxy) is 2. The predicted octanol–water partition coefficient (Wildman–Crippen LogP) is 4.60. The molecule has 3 aromatic carbocycles. The molecule has 1 unspecified atom stereocenters. The molecule has 1 saturated heterocycles. The first kappa shape index (κ1) is 24.5. The number of aliphatic hydroxyl groups excluding tert-OH is 1. The Labute approximate surface area is 208 Å². The highest BCUT2D eigenvalue weighted by molar-refractivity contribution is 6.51. The molecule has 1 heterocycles. The third-order valence-corrected chi connectivity index (χ3v) is 5.93. The lowest BCUT2D eigenvalue weighted by Gasteiger charge is -2.27. The van der Waals surface area contributed by atoms with Gasteiger partial charge in [-0.15, -0.1) is 0 Å². The van der Waals surface area contributed by atoms with Crippen molar-refractivity contribution < 1.29 is 29.0 Å². The van der Waals surface area contributed by atoms with Crippen molar-refractivity contribution >= 4 is 34.7 Å². The molecule has 8 heteroatoms. The highest BCUT2D eigenvalue weighted by atomic mass is 16.5. The van der Waals surface area contributed by atoms with E-state index in [1.807, 2.05) is 13.0 Å². The van der Waals surface area contributed by atoms with Crippen LogP contribution in [-0.4, -0.2) is 36.9 Å². The van der Waals surface area contributed by atoms with Gasteiger partial charge in [0.1, 0.15) is 17.3 Å². The first-order valence-electron chi connectivity index (χ1n) is 11.2. The molecular weight excluding hydrogens is 460 g/mol. The maximum atomic E-state index is 13.5. The number of methoxy groups -OCH3 is 2. The molecule has 0 bridgehead atoms. The molecule has 0 aromatic heterocycles. The zero-order valence-corrected chi connectivity index (χ0v) is 20.4. The topological polar surface area (TPSA) is 105 Å². The Morgan fingerprint density at radius 3 is 2.36 bits per heavy atom. The summed E-state index contributed by atoms with van der Waals surface area (Å²) in [6.07, 6.45) is 0. The monoisotopic (exact) mass is 486 g/mol. The van der Waals surface area contributed by atoms with E-state index in [2.05, 4.69) is 5.32 Å². The molecule has 0 aliphatic carbocycles. The SMILES string of the molecule is COc1ccc(C)cc1/C(O)=C1\C(=O)C(=O)N(c2cccc(NC(C)=O)c2)C1c1ccccc1OC. The average molecular weight is 487 g/mol. The smallest absolute Gasteiger partial charge is 0.300 e. The van der Waals surface area contributed by atoms with Crippen LogP contribution in [0.2, 0.25) is 0 Å². The zero-order chi connectivity index (χ0) is 26.0. The van der Waals surface area contributed by atoms with Gasteiger partial charge in [-0.3, -0.25) is 19.3 Å². The van der Waals surface area contributed by atoms with Gasteiger partial charge >= 0.3 is 0 Å². The number of benzene rings is 3. The van der Waals surface area contributed by atoms with Crippen LogP contribution in [0.4, 0.5) is 11.4 Å². The van der Waals surface area contributed by atoms with Gasteiger partial charge in [0, 0.05) is 23.9 Å². The lowest BCUT2D eigenvalue weighted by atomic mass is 9.93. The van der Waals surface area contributed by atoms with Crippen LogP contribution in [0.3, 0.4) is 0 Å². The van der Waals surface area contributed by atoms with Gasteiger partial charge in [0.25, 0.3) is 11.7 Å². The molecule has 1 fully saturated rings. The van der Waals surface area contributed by atoms with Crippen LogP contribution in [-0.2, 0) is 14.4 Å². The Bertz CT molecular complexity index is 1390. The molecular formula is C28H26N2O6. The summed E-state index contributed by atoms with van der Waals surface area (Å²) >= 11 is 0. The van der Waals surface area contributed by atoms with E-state index in [4.69, 9.17) is 9.47 Å². The third-order valence-electron chi connectivity index (χ3n) is 5.93. The van der Waals surface area contributed by atoms with Crippen molar-refractivity contribution in [3.63, 3.8) is 0 Å². The summed E-state index contributed by atoms with van der Waals surface area (Å²) in [6.45, 7) is 3.23. The van der Waals surface area contributed by atoms with Crippen LogP contribution in [0.5, 0.6) is 11.5 Å². The van der Waals surface area contributed by atoms with Crippen LogP contribution < -0.4 is 19.7 Å². The van der Waals surface area contributed by atoms with Crippen molar-refractivity contribution in [2.24, 2.45) is 0 Å². The number of Topliss-reactive ketones (excluding diaryl/α,β-unsaturated/α-hetero) is 1. The second kappa shape index (κ2) is 9.95. The highest BCUT2D eigenvalue weighted by Gasteiger charge is 2.48. The largest absolute Gasteiger partial charge is 0.507 e. The Kier molecular flexibility index (Phi) is 6.78. The molecule has 1 aliphatic rings. The molecule has 0 radical (unpaired) electrons. The number of nitrogens with one attached hydrogen (secondary N) is 1. The van der Waals surface area contributed by atoms with Crippen LogP contribution in [0, 0.1) is 6.92 Å². The van der Waals surface area contributed by atoms with E-state index < -0.39 is 17.7 Å². The van der Waals surface area contributed by atoms with Crippen LogP contribution in [0.1, 0.15) is 29.7 Å². The van der Waals surface area contributed by atoms with Gasteiger partial charge in [0.2, 0.25) is 5.91 Å². The van der Waals surface area contributed by atoms with E-state index >= 15 is 0 Å². The van der Waals surface area contributed by atoms with E-state index in [9.17, 15) is 19.5 Å². The highest BCUT2D eigenvalue weighted by Crippen LogP contribution is 2.46. The molecule has 2 N–H and O–H groups in total. The first-order chi connectivity index (χ1) is 17.3. The summed E-state index contributed by atoms with van der Waals surface area (Å²) in [5.41, 5.74) is 2.37. The minimum Gasteiger partial charge on any atom is -0.507 e. The number of ketones is 1. The number of anilines is 2. The second-order valence-corrected chi connectivity index (χ2v) is 8.35. The maximum Gasteiger partial charge on any atom is 0.300 e. The molecule has 3 aromatic rings. The minimum absolute atomic E-state index is 0.0988. The first-order valence-corrected chi connectivity index (χ1v) is 11.2. The maximum absolute atomic E-state index is 13.5. The van der Waals surface area contributed by atoms with E-state index in [1.165, 1.54) is 26.0 Å². The number of hydrogen-bond acceptors (Lipinski definition) is 6. The third kappa shape index (κ3) is 4.40. The van der Waals surface area contributed by atoms with Crippen LogP contribution in [0.25, 0.3) is 5.76 Å². The van der Waals surface area contributed by atoms with Crippen LogP contribution in [0.15, 0.2) is 72.3 Å². The summed E-state index contributed by atoms with van der Waals surface area (Å²) in [6, 6.07) is 17.8. The predicted molar refractivity (Wildman–Crippen MR) is 136 cm³/mol. The Morgan fingerprint density at radius 2 is 1.67 bits per heavy atom. The summed E-state index contributed by atoms with van der Waals surface area (Å²) < 4.78 is 11.0. The van der Waals surface area contributed by atoms with Gasteiger partial charge in [-0.2, -0.15) is 0 Å². The summed E-state index contributed by atoms with van der Waals surface area (Å²) in [4.78, 5) is 39.8. The average Bonchev–Trinajstić information content (AvgIpc) is 3.13. The number of hydrogen-bond donors (Lipinski definition) is 2. The molecule has 36 heavy (non-hydrogen) atoms. The van der Waals surface area contributed by atoms with E-state index in [-0.39, 0.29) is 17.2 Å². The number of amides is 2. The van der Waals surface area contributed by atoms with Crippen molar-refractivity contribution in [1.82, 2.24) is 0 Å². The molecule has 0 saturated carbocycles. The molecule has 1 atom stereocenters. The number of para-hydroxylation sites is 1. The number of carbonyl (C=O) groups is 3. The Morgan fingerprint density at radius 1 is 0.944 bits per heavy atom. The fourth-order valence-electron chi connectivity index (χ4n) is 4.37. The lowest BCUT2D eigenvalue weighted by molar-refractivity contribution is -0.132.